The highest BCUT2D eigenvalue weighted by Crippen LogP contribution is 2.21. The summed E-state index contributed by atoms with van der Waals surface area (Å²) >= 11 is 0. The predicted octanol–water partition coefficient (Wildman–Crippen LogP) is 3.54. The molecule has 0 bridgehead atoms. The first kappa shape index (κ1) is 17.3. The van der Waals surface area contributed by atoms with Crippen molar-refractivity contribution in [1.29, 1.82) is 0 Å². The molecule has 0 atom stereocenters. The largest absolute Gasteiger partial charge is 0.496 e. The molecule has 1 heterocycles. The van der Waals surface area contributed by atoms with Gasteiger partial charge >= 0.3 is 0 Å². The number of aryl methyl sites for hydroxylation is 1. The van der Waals surface area contributed by atoms with E-state index in [1.165, 1.54) is 18.5 Å². The fraction of sp³-hybridized carbons (Fsp3) is 0.381. The zero-order valence-corrected chi connectivity index (χ0v) is 14.8. The van der Waals surface area contributed by atoms with Crippen LogP contribution in [0.5, 0.6) is 5.75 Å². The summed E-state index contributed by atoms with van der Waals surface area (Å²) in [6, 6.07) is 16.4. The van der Waals surface area contributed by atoms with E-state index in [2.05, 4.69) is 34.5 Å². The van der Waals surface area contributed by atoms with Gasteiger partial charge in [0.05, 0.1) is 7.11 Å². The lowest BCUT2D eigenvalue weighted by Gasteiger charge is -2.17. The van der Waals surface area contributed by atoms with Crippen molar-refractivity contribution in [2.24, 2.45) is 0 Å². The van der Waals surface area contributed by atoms with E-state index >= 15 is 0 Å². The molecule has 1 aliphatic rings. The Kier molecular flexibility index (Phi) is 5.94. The number of rotatable bonds is 7. The van der Waals surface area contributed by atoms with Gasteiger partial charge in [-0.15, -0.1) is 0 Å². The van der Waals surface area contributed by atoms with Crippen molar-refractivity contribution < 1.29 is 9.53 Å². The van der Waals surface area contributed by atoms with E-state index < -0.39 is 0 Å². The molecule has 1 saturated heterocycles. The maximum absolute atomic E-state index is 12.1. The molecule has 4 nitrogen and oxygen atoms in total. The van der Waals surface area contributed by atoms with E-state index in [9.17, 15) is 4.79 Å². The number of carbonyl (C=O) groups excluding carboxylic acids is 1. The van der Waals surface area contributed by atoms with Crippen molar-refractivity contribution in [2.75, 3.05) is 25.1 Å². The molecule has 0 saturated carbocycles. The Morgan fingerprint density at radius 1 is 1.08 bits per heavy atom. The van der Waals surface area contributed by atoms with Crippen LogP contribution in [0.15, 0.2) is 48.5 Å². The third kappa shape index (κ3) is 4.75. The quantitative estimate of drug-likeness (QED) is 0.839. The van der Waals surface area contributed by atoms with Crippen molar-refractivity contribution in [3.05, 3.63) is 59.7 Å². The number of hydrogen-bond donors (Lipinski definition) is 1. The van der Waals surface area contributed by atoms with E-state index in [0.29, 0.717) is 19.4 Å². The first-order valence-electron chi connectivity index (χ1n) is 8.99. The van der Waals surface area contributed by atoms with Gasteiger partial charge in [-0.25, -0.2) is 0 Å². The number of hydrogen-bond acceptors (Lipinski definition) is 3. The molecule has 1 aliphatic heterocycles. The molecule has 3 rings (SSSR count). The number of carbonyl (C=O) groups is 1. The third-order valence-electron chi connectivity index (χ3n) is 4.71. The van der Waals surface area contributed by atoms with Gasteiger partial charge in [0.1, 0.15) is 5.75 Å². The minimum Gasteiger partial charge on any atom is -0.496 e. The first-order chi connectivity index (χ1) is 12.3. The lowest BCUT2D eigenvalue weighted by atomic mass is 10.1. The van der Waals surface area contributed by atoms with Crippen LogP contribution in [0.25, 0.3) is 0 Å². The molecule has 0 radical (unpaired) electrons. The van der Waals surface area contributed by atoms with E-state index in [1.54, 1.807) is 7.11 Å². The van der Waals surface area contributed by atoms with Crippen LogP contribution < -0.4 is 15.0 Å². The number of ether oxygens (including phenoxy) is 1. The number of anilines is 1. The molecule has 4 heteroatoms. The van der Waals surface area contributed by atoms with Gasteiger partial charge in [0.2, 0.25) is 5.91 Å². The average Bonchev–Trinajstić information content (AvgIpc) is 3.20. The number of methoxy groups -OCH3 is 1. The summed E-state index contributed by atoms with van der Waals surface area (Å²) in [7, 11) is 1.66. The molecular formula is C21H26N2O2. The molecule has 1 fully saturated rings. The van der Waals surface area contributed by atoms with Crippen molar-refractivity contribution in [2.45, 2.75) is 32.2 Å². The van der Waals surface area contributed by atoms with Crippen LogP contribution in [-0.2, 0) is 17.8 Å². The van der Waals surface area contributed by atoms with Gasteiger partial charge in [-0.3, -0.25) is 4.79 Å². The lowest BCUT2D eigenvalue weighted by molar-refractivity contribution is -0.121. The van der Waals surface area contributed by atoms with Crippen LogP contribution in [0, 0.1) is 0 Å². The van der Waals surface area contributed by atoms with Gasteiger partial charge in [-0.05, 0) is 48.6 Å². The number of nitrogens with one attached hydrogen (secondary N) is 1. The highest BCUT2D eigenvalue weighted by atomic mass is 16.5. The summed E-state index contributed by atoms with van der Waals surface area (Å²) in [6.45, 7) is 2.88. The Labute approximate surface area is 149 Å². The number of amides is 1. The van der Waals surface area contributed by atoms with E-state index in [-0.39, 0.29) is 5.91 Å². The van der Waals surface area contributed by atoms with Crippen molar-refractivity contribution in [1.82, 2.24) is 5.32 Å². The highest BCUT2D eigenvalue weighted by Gasteiger charge is 2.12. The Bertz CT molecular complexity index is 691. The highest BCUT2D eigenvalue weighted by molar-refractivity contribution is 5.76. The average molecular weight is 338 g/mol. The third-order valence-corrected chi connectivity index (χ3v) is 4.71. The molecule has 2 aromatic rings. The minimum absolute atomic E-state index is 0.0644. The molecule has 1 amide bonds. The van der Waals surface area contributed by atoms with Gasteiger partial charge in [0.15, 0.2) is 0 Å². The Balaban J connectivity index is 1.45. The normalized spacial score (nSPS) is 13.7. The van der Waals surface area contributed by atoms with Crippen LogP contribution in [0.1, 0.15) is 30.4 Å². The van der Waals surface area contributed by atoms with Crippen LogP contribution in [0.2, 0.25) is 0 Å². The molecule has 132 valence electrons. The lowest BCUT2D eigenvalue weighted by Crippen LogP contribution is -2.23. The van der Waals surface area contributed by atoms with Crippen LogP contribution in [0.4, 0.5) is 5.69 Å². The molecule has 0 aliphatic carbocycles. The van der Waals surface area contributed by atoms with Crippen LogP contribution >= 0.6 is 0 Å². The predicted molar refractivity (Wildman–Crippen MR) is 101 cm³/mol. The topological polar surface area (TPSA) is 41.6 Å². The Hall–Kier alpha value is -2.49. The van der Waals surface area contributed by atoms with Gasteiger partial charge < -0.3 is 15.0 Å². The number of nitrogens with zero attached hydrogens (tertiary/aromatic N) is 1. The second-order valence-electron chi connectivity index (χ2n) is 6.45. The van der Waals surface area contributed by atoms with Crippen LogP contribution in [0.3, 0.4) is 0 Å². The monoisotopic (exact) mass is 338 g/mol. The van der Waals surface area contributed by atoms with Gasteiger partial charge in [-0.2, -0.15) is 0 Å². The zero-order chi connectivity index (χ0) is 17.5. The first-order valence-corrected chi connectivity index (χ1v) is 8.99. The van der Waals surface area contributed by atoms with Crippen LogP contribution in [-0.4, -0.2) is 26.1 Å². The second kappa shape index (κ2) is 8.56. The Morgan fingerprint density at radius 2 is 1.80 bits per heavy atom. The molecular weight excluding hydrogens is 312 g/mol. The summed E-state index contributed by atoms with van der Waals surface area (Å²) in [6.07, 6.45) is 3.71. The Morgan fingerprint density at radius 3 is 2.52 bits per heavy atom. The molecule has 0 spiro atoms. The van der Waals surface area contributed by atoms with Crippen molar-refractivity contribution in [3.63, 3.8) is 0 Å². The second-order valence-corrected chi connectivity index (χ2v) is 6.45. The number of benzene rings is 2. The van der Waals surface area contributed by atoms with Crippen molar-refractivity contribution >= 4 is 11.6 Å². The van der Waals surface area contributed by atoms with E-state index in [1.807, 2.05) is 24.3 Å². The number of para-hydroxylation sites is 1. The van der Waals surface area contributed by atoms with Gasteiger partial charge in [0.25, 0.3) is 0 Å². The standard InChI is InChI=1S/C21H26N2O2/c1-25-20-7-3-2-6-18(20)10-13-21(24)22-16-17-8-11-19(12-9-17)23-14-4-5-15-23/h2-3,6-9,11-12H,4-5,10,13-16H2,1H3,(H,22,24). The maximum Gasteiger partial charge on any atom is 0.220 e. The molecule has 1 N–H and O–H groups in total. The summed E-state index contributed by atoms with van der Waals surface area (Å²) in [5.74, 6) is 0.905. The van der Waals surface area contributed by atoms with E-state index in [0.717, 1.165) is 30.0 Å². The molecule has 25 heavy (non-hydrogen) atoms. The fourth-order valence-electron chi connectivity index (χ4n) is 3.25. The minimum atomic E-state index is 0.0644. The molecule has 0 unspecified atom stereocenters. The van der Waals surface area contributed by atoms with Crippen molar-refractivity contribution in [3.8, 4) is 5.75 Å². The fourth-order valence-corrected chi connectivity index (χ4v) is 3.25. The molecule has 0 aromatic heterocycles. The van der Waals surface area contributed by atoms with E-state index in [4.69, 9.17) is 4.74 Å². The summed E-state index contributed by atoms with van der Waals surface area (Å²) in [4.78, 5) is 14.5. The SMILES string of the molecule is COc1ccccc1CCC(=O)NCc1ccc(N2CCCC2)cc1. The smallest absolute Gasteiger partial charge is 0.220 e. The summed E-state index contributed by atoms with van der Waals surface area (Å²) in [5, 5.41) is 3.00. The van der Waals surface area contributed by atoms with Gasteiger partial charge in [-0.1, -0.05) is 30.3 Å². The molecule has 2 aromatic carbocycles. The summed E-state index contributed by atoms with van der Waals surface area (Å²) < 4.78 is 5.32. The maximum atomic E-state index is 12.1. The zero-order valence-electron chi connectivity index (χ0n) is 14.8. The summed E-state index contributed by atoms with van der Waals surface area (Å²) in [5.41, 5.74) is 3.48. The van der Waals surface area contributed by atoms with Gasteiger partial charge in [0, 0.05) is 31.7 Å².